The van der Waals surface area contributed by atoms with Crippen LogP contribution in [0.3, 0.4) is 0 Å². The first-order chi connectivity index (χ1) is 9.55. The molecule has 2 N–H and O–H groups in total. The highest BCUT2D eigenvalue weighted by Crippen LogP contribution is 2.28. The lowest BCUT2D eigenvalue weighted by Gasteiger charge is -2.14. The Morgan fingerprint density at radius 2 is 2.05 bits per heavy atom. The number of nitrogens with two attached hydrogens (primary N) is 1. The average molecular weight is 338 g/mol. The van der Waals surface area contributed by atoms with E-state index in [2.05, 4.69) is 34.0 Å². The molecule has 0 aliphatic rings. The smallest absolute Gasteiger partial charge is 0.130 e. The number of halogens is 1. The molecule has 5 heteroatoms. The highest BCUT2D eigenvalue weighted by atomic mass is 79.9. The van der Waals surface area contributed by atoms with Crippen LogP contribution in [0.4, 0.5) is 0 Å². The van der Waals surface area contributed by atoms with Crippen molar-refractivity contribution in [3.63, 3.8) is 0 Å². The minimum Gasteiger partial charge on any atom is -0.487 e. The van der Waals surface area contributed by atoms with Gasteiger partial charge in [0.05, 0.1) is 11.4 Å². The Morgan fingerprint density at radius 3 is 2.70 bits per heavy atom. The summed E-state index contributed by atoms with van der Waals surface area (Å²) < 4.78 is 8.98. The average Bonchev–Trinajstić information content (AvgIpc) is 2.77. The van der Waals surface area contributed by atoms with Gasteiger partial charge in [0, 0.05) is 23.1 Å². The molecular weight excluding hydrogens is 318 g/mol. The zero-order chi connectivity index (χ0) is 14.7. The Kier molecular flexibility index (Phi) is 4.83. The van der Waals surface area contributed by atoms with Crippen LogP contribution >= 0.6 is 15.9 Å². The van der Waals surface area contributed by atoms with E-state index < -0.39 is 0 Å². The monoisotopic (exact) mass is 337 g/mol. The maximum absolute atomic E-state index is 5.99. The third-order valence-corrected chi connectivity index (χ3v) is 3.64. The highest BCUT2D eigenvalue weighted by Gasteiger charge is 2.10. The van der Waals surface area contributed by atoms with Crippen LogP contribution in [0.25, 0.3) is 0 Å². The summed E-state index contributed by atoms with van der Waals surface area (Å²) in [5.74, 6) is 0.872. The second-order valence-corrected chi connectivity index (χ2v) is 5.71. The summed E-state index contributed by atoms with van der Waals surface area (Å²) in [6, 6.07) is 6.10. The van der Waals surface area contributed by atoms with Crippen LogP contribution in [-0.4, -0.2) is 9.78 Å². The van der Waals surface area contributed by atoms with E-state index in [-0.39, 0.29) is 0 Å². The molecule has 0 radical (unpaired) electrons. The predicted molar refractivity (Wildman–Crippen MR) is 83.7 cm³/mol. The largest absolute Gasteiger partial charge is 0.487 e. The predicted octanol–water partition coefficient (Wildman–Crippen LogP) is 3.32. The highest BCUT2D eigenvalue weighted by molar-refractivity contribution is 9.10. The van der Waals surface area contributed by atoms with E-state index >= 15 is 0 Å². The molecule has 0 amide bonds. The van der Waals surface area contributed by atoms with Crippen molar-refractivity contribution in [2.45, 2.75) is 40.5 Å². The molecule has 2 rings (SSSR count). The van der Waals surface area contributed by atoms with Crippen LogP contribution in [-0.2, 0) is 19.7 Å². The molecule has 0 saturated heterocycles. The Bertz CT molecular complexity index is 607. The van der Waals surface area contributed by atoms with Gasteiger partial charge in [0.1, 0.15) is 12.4 Å². The Labute approximate surface area is 128 Å². The molecule has 0 fully saturated rings. The van der Waals surface area contributed by atoms with E-state index in [1.165, 1.54) is 0 Å². The lowest BCUT2D eigenvalue weighted by molar-refractivity contribution is 0.287. The molecular formula is C15H20BrN3O. The minimum absolute atomic E-state index is 0.460. The zero-order valence-corrected chi connectivity index (χ0v) is 13.7. The van der Waals surface area contributed by atoms with Crippen molar-refractivity contribution in [3.8, 4) is 5.75 Å². The van der Waals surface area contributed by atoms with E-state index in [9.17, 15) is 0 Å². The van der Waals surface area contributed by atoms with Crippen LogP contribution < -0.4 is 10.5 Å². The summed E-state index contributed by atoms with van der Waals surface area (Å²) in [6.45, 7) is 7.90. The van der Waals surface area contributed by atoms with Crippen LogP contribution in [0, 0.1) is 13.8 Å². The topological polar surface area (TPSA) is 53.1 Å². The summed E-state index contributed by atoms with van der Waals surface area (Å²) in [6.07, 6.45) is 0. The molecule has 0 unspecified atom stereocenters. The normalized spacial score (nSPS) is 10.8. The van der Waals surface area contributed by atoms with E-state index in [4.69, 9.17) is 10.5 Å². The van der Waals surface area contributed by atoms with Gasteiger partial charge in [-0.1, -0.05) is 15.9 Å². The number of hydrogen-bond acceptors (Lipinski definition) is 3. The molecule has 108 valence electrons. The van der Waals surface area contributed by atoms with Crippen molar-refractivity contribution in [1.29, 1.82) is 0 Å². The van der Waals surface area contributed by atoms with Crippen molar-refractivity contribution >= 4 is 15.9 Å². The van der Waals surface area contributed by atoms with E-state index in [1.807, 2.05) is 30.7 Å². The number of ether oxygens (including phenoxy) is 1. The molecule has 4 nitrogen and oxygen atoms in total. The summed E-state index contributed by atoms with van der Waals surface area (Å²) in [5, 5.41) is 4.43. The molecule has 0 atom stereocenters. The van der Waals surface area contributed by atoms with E-state index in [1.54, 1.807) is 0 Å². The second kappa shape index (κ2) is 6.41. The summed E-state index contributed by atoms with van der Waals surface area (Å²) in [4.78, 5) is 0. The van der Waals surface area contributed by atoms with Crippen molar-refractivity contribution in [1.82, 2.24) is 9.78 Å². The van der Waals surface area contributed by atoms with Crippen molar-refractivity contribution < 1.29 is 4.74 Å². The standard InChI is InChI=1S/C15H20BrN3O/c1-4-19-14(6-11(3)18-19)9-20-15-10(2)5-13(16)7-12(15)8-17/h5-7H,4,8-9,17H2,1-3H3. The third kappa shape index (κ3) is 3.22. The molecule has 1 heterocycles. The van der Waals surface area contributed by atoms with E-state index in [0.29, 0.717) is 13.2 Å². The molecule has 0 bridgehead atoms. The van der Waals surface area contributed by atoms with Crippen LogP contribution in [0.2, 0.25) is 0 Å². The first-order valence-electron chi connectivity index (χ1n) is 6.70. The molecule has 2 aromatic rings. The van der Waals surface area contributed by atoms with Crippen LogP contribution in [0.15, 0.2) is 22.7 Å². The van der Waals surface area contributed by atoms with Crippen LogP contribution in [0.1, 0.15) is 29.4 Å². The van der Waals surface area contributed by atoms with Crippen LogP contribution in [0.5, 0.6) is 5.75 Å². The number of benzene rings is 1. The number of hydrogen-bond donors (Lipinski definition) is 1. The Balaban J connectivity index is 2.22. The maximum atomic E-state index is 5.99. The maximum Gasteiger partial charge on any atom is 0.130 e. The number of aromatic nitrogens is 2. The van der Waals surface area contributed by atoms with Gasteiger partial charge in [0.25, 0.3) is 0 Å². The molecule has 1 aromatic carbocycles. The summed E-state index contributed by atoms with van der Waals surface area (Å²) in [5.41, 5.74) is 9.98. The van der Waals surface area contributed by atoms with Gasteiger partial charge in [-0.25, -0.2) is 0 Å². The lowest BCUT2D eigenvalue weighted by Crippen LogP contribution is -2.09. The Morgan fingerprint density at radius 1 is 1.30 bits per heavy atom. The molecule has 0 aliphatic carbocycles. The Hall–Kier alpha value is -1.33. The third-order valence-electron chi connectivity index (χ3n) is 3.19. The lowest BCUT2D eigenvalue weighted by atomic mass is 10.1. The van der Waals surface area contributed by atoms with Gasteiger partial charge >= 0.3 is 0 Å². The first-order valence-corrected chi connectivity index (χ1v) is 7.49. The molecule has 0 spiro atoms. The first kappa shape index (κ1) is 15.1. The van der Waals surface area contributed by atoms with Crippen molar-refractivity contribution in [2.24, 2.45) is 5.73 Å². The van der Waals surface area contributed by atoms with Gasteiger partial charge in [0.2, 0.25) is 0 Å². The fraction of sp³-hybridized carbons (Fsp3) is 0.400. The van der Waals surface area contributed by atoms with Gasteiger partial charge in [0.15, 0.2) is 0 Å². The van der Waals surface area contributed by atoms with Gasteiger partial charge < -0.3 is 10.5 Å². The SMILES string of the molecule is CCn1nc(C)cc1COc1c(C)cc(Br)cc1CN. The van der Waals surface area contributed by atoms with Crippen molar-refractivity contribution in [2.75, 3.05) is 0 Å². The van der Waals surface area contributed by atoms with Gasteiger partial charge in [-0.2, -0.15) is 5.10 Å². The zero-order valence-electron chi connectivity index (χ0n) is 12.1. The number of aryl methyl sites for hydroxylation is 3. The second-order valence-electron chi connectivity index (χ2n) is 4.80. The molecule has 0 saturated carbocycles. The quantitative estimate of drug-likeness (QED) is 0.910. The van der Waals surface area contributed by atoms with Crippen molar-refractivity contribution in [3.05, 3.63) is 45.2 Å². The molecule has 1 aromatic heterocycles. The van der Waals surface area contributed by atoms with Gasteiger partial charge in [-0.3, -0.25) is 4.68 Å². The molecule has 20 heavy (non-hydrogen) atoms. The molecule has 0 aliphatic heterocycles. The summed E-state index contributed by atoms with van der Waals surface area (Å²) >= 11 is 3.48. The van der Waals surface area contributed by atoms with E-state index in [0.717, 1.165) is 39.3 Å². The number of nitrogens with zero attached hydrogens (tertiary/aromatic N) is 2. The summed E-state index contributed by atoms with van der Waals surface area (Å²) in [7, 11) is 0. The van der Waals surface area contributed by atoms with Gasteiger partial charge in [-0.05, 0) is 44.5 Å². The van der Waals surface area contributed by atoms with Gasteiger partial charge in [-0.15, -0.1) is 0 Å². The minimum atomic E-state index is 0.460. The fourth-order valence-electron chi connectivity index (χ4n) is 2.29. The fourth-order valence-corrected chi connectivity index (χ4v) is 2.91. The number of rotatable bonds is 5.